The first-order chi connectivity index (χ1) is 7.24. The van der Waals surface area contributed by atoms with Gasteiger partial charge in [0, 0.05) is 12.8 Å². The van der Waals surface area contributed by atoms with Crippen molar-refractivity contribution in [3.8, 4) is 6.07 Å². The molecule has 1 aliphatic heterocycles. The minimum absolute atomic E-state index is 0.0908. The Kier molecular flexibility index (Phi) is 5.34. The van der Waals surface area contributed by atoms with E-state index < -0.39 is 0 Å². The third-order valence-corrected chi connectivity index (χ3v) is 3.02. The molecule has 0 aromatic rings. The molecule has 15 heavy (non-hydrogen) atoms. The van der Waals surface area contributed by atoms with E-state index in [0.717, 1.165) is 25.8 Å². The monoisotopic (exact) mass is 208 g/mol. The molecule has 1 saturated heterocycles. The Morgan fingerprint density at radius 3 is 3.00 bits per heavy atom. The zero-order valence-electron chi connectivity index (χ0n) is 9.46. The molecule has 84 valence electrons. The van der Waals surface area contributed by atoms with Crippen molar-refractivity contribution in [1.29, 1.82) is 5.26 Å². The molecule has 0 radical (unpaired) electrons. The molecule has 0 spiro atoms. The molecule has 0 amide bonds. The third kappa shape index (κ3) is 4.44. The second kappa shape index (κ2) is 6.58. The summed E-state index contributed by atoms with van der Waals surface area (Å²) in [7, 11) is 0. The second-order valence-electron chi connectivity index (χ2n) is 4.47. The van der Waals surface area contributed by atoms with Crippen molar-refractivity contribution in [2.45, 2.75) is 51.5 Å². The van der Waals surface area contributed by atoms with Crippen molar-refractivity contribution in [3.63, 3.8) is 0 Å². The summed E-state index contributed by atoms with van der Waals surface area (Å²) in [4.78, 5) is 11.8. The van der Waals surface area contributed by atoms with Crippen LogP contribution in [0.3, 0.4) is 0 Å². The van der Waals surface area contributed by atoms with E-state index in [2.05, 4.69) is 11.4 Å². The first-order valence-corrected chi connectivity index (χ1v) is 5.87. The van der Waals surface area contributed by atoms with Crippen LogP contribution in [0.15, 0.2) is 0 Å². The van der Waals surface area contributed by atoms with Crippen LogP contribution < -0.4 is 5.32 Å². The minimum atomic E-state index is 0.0908. The number of carbonyl (C=O) groups excluding carboxylic acids is 1. The van der Waals surface area contributed by atoms with Crippen molar-refractivity contribution >= 4 is 5.78 Å². The van der Waals surface area contributed by atoms with Gasteiger partial charge in [0.2, 0.25) is 0 Å². The highest BCUT2D eigenvalue weighted by atomic mass is 16.1. The van der Waals surface area contributed by atoms with Crippen LogP contribution in [0.1, 0.15) is 45.4 Å². The maximum atomic E-state index is 11.8. The van der Waals surface area contributed by atoms with E-state index in [1.54, 1.807) is 0 Å². The lowest BCUT2D eigenvalue weighted by atomic mass is 9.94. The largest absolute Gasteiger partial charge is 0.307 e. The fourth-order valence-corrected chi connectivity index (χ4v) is 1.95. The van der Waals surface area contributed by atoms with Crippen LogP contribution in [-0.2, 0) is 4.79 Å². The van der Waals surface area contributed by atoms with E-state index in [1.165, 1.54) is 6.42 Å². The molecular weight excluding hydrogens is 188 g/mol. The van der Waals surface area contributed by atoms with Crippen molar-refractivity contribution in [1.82, 2.24) is 5.32 Å². The van der Waals surface area contributed by atoms with Gasteiger partial charge in [-0.3, -0.25) is 4.79 Å². The Bertz CT molecular complexity index is 238. The first kappa shape index (κ1) is 12.2. The van der Waals surface area contributed by atoms with Gasteiger partial charge in [0.1, 0.15) is 5.78 Å². The first-order valence-electron chi connectivity index (χ1n) is 5.87. The van der Waals surface area contributed by atoms with Crippen molar-refractivity contribution in [2.75, 3.05) is 6.54 Å². The quantitative estimate of drug-likeness (QED) is 0.752. The van der Waals surface area contributed by atoms with Crippen molar-refractivity contribution in [3.05, 3.63) is 0 Å². The fourth-order valence-electron chi connectivity index (χ4n) is 1.95. The predicted molar refractivity (Wildman–Crippen MR) is 59.3 cm³/mol. The van der Waals surface area contributed by atoms with Crippen molar-refractivity contribution < 1.29 is 4.79 Å². The molecule has 0 aromatic heterocycles. The van der Waals surface area contributed by atoms with E-state index in [4.69, 9.17) is 5.26 Å². The van der Waals surface area contributed by atoms with E-state index in [1.807, 2.05) is 6.92 Å². The smallest absolute Gasteiger partial charge is 0.149 e. The molecule has 1 heterocycles. The second-order valence-corrected chi connectivity index (χ2v) is 4.47. The van der Waals surface area contributed by atoms with Gasteiger partial charge in [0.25, 0.3) is 0 Å². The number of nitriles is 1. The highest BCUT2D eigenvalue weighted by Gasteiger charge is 2.20. The Morgan fingerprint density at radius 2 is 2.40 bits per heavy atom. The van der Waals surface area contributed by atoms with E-state index in [9.17, 15) is 4.79 Å². The van der Waals surface area contributed by atoms with Gasteiger partial charge in [-0.2, -0.15) is 5.26 Å². The van der Waals surface area contributed by atoms with Gasteiger partial charge in [-0.15, -0.1) is 0 Å². The summed E-state index contributed by atoms with van der Waals surface area (Å²) in [6.45, 7) is 3.01. The summed E-state index contributed by atoms with van der Waals surface area (Å²) < 4.78 is 0. The number of nitrogens with one attached hydrogen (secondary N) is 1. The van der Waals surface area contributed by atoms with Crippen LogP contribution in [-0.4, -0.2) is 18.4 Å². The molecule has 1 N–H and O–H groups in total. The molecule has 0 saturated carbocycles. The average Bonchev–Trinajstić information content (AvgIpc) is 2.27. The fraction of sp³-hybridized carbons (Fsp3) is 0.833. The molecule has 3 heteroatoms. The molecular formula is C12H20N2O. The molecule has 0 bridgehead atoms. The Balaban J connectivity index is 2.20. The number of carbonyl (C=O) groups is 1. The van der Waals surface area contributed by atoms with Crippen LogP contribution in [0.4, 0.5) is 0 Å². The topological polar surface area (TPSA) is 52.9 Å². The molecule has 1 rings (SSSR count). The van der Waals surface area contributed by atoms with Gasteiger partial charge in [-0.1, -0.05) is 13.3 Å². The minimum Gasteiger partial charge on any atom is -0.307 e. The Hall–Kier alpha value is -0.880. The Labute approximate surface area is 91.9 Å². The highest BCUT2D eigenvalue weighted by molar-refractivity contribution is 5.84. The number of rotatable bonds is 5. The lowest BCUT2D eigenvalue weighted by molar-refractivity contribution is -0.121. The van der Waals surface area contributed by atoms with E-state index >= 15 is 0 Å². The Morgan fingerprint density at radius 1 is 1.60 bits per heavy atom. The maximum absolute atomic E-state index is 11.8. The van der Waals surface area contributed by atoms with Gasteiger partial charge >= 0.3 is 0 Å². The lowest BCUT2D eigenvalue weighted by Crippen LogP contribution is -2.40. The van der Waals surface area contributed by atoms with Gasteiger partial charge < -0.3 is 5.32 Å². The predicted octanol–water partition coefficient (Wildman–Crippen LogP) is 2.03. The zero-order chi connectivity index (χ0) is 11.1. The average molecular weight is 208 g/mol. The van der Waals surface area contributed by atoms with Gasteiger partial charge in [0.05, 0.1) is 12.1 Å². The maximum Gasteiger partial charge on any atom is 0.149 e. The van der Waals surface area contributed by atoms with E-state index in [0.29, 0.717) is 24.5 Å². The van der Waals surface area contributed by atoms with Crippen LogP contribution in [0.2, 0.25) is 0 Å². The van der Waals surface area contributed by atoms with Crippen LogP contribution >= 0.6 is 0 Å². The van der Waals surface area contributed by atoms with E-state index in [-0.39, 0.29) is 6.04 Å². The summed E-state index contributed by atoms with van der Waals surface area (Å²) in [6.07, 6.45) is 5.38. The summed E-state index contributed by atoms with van der Waals surface area (Å²) in [5, 5.41) is 11.8. The molecule has 1 aliphatic rings. The molecule has 2 unspecified atom stereocenters. The SMILES string of the molecule is CC(CC#N)CCC(=O)C1CCCCN1. The van der Waals surface area contributed by atoms with Crippen LogP contribution in [0, 0.1) is 17.2 Å². The summed E-state index contributed by atoms with van der Waals surface area (Å²) in [6, 6.07) is 2.23. The van der Waals surface area contributed by atoms with Crippen molar-refractivity contribution in [2.24, 2.45) is 5.92 Å². The highest BCUT2D eigenvalue weighted by Crippen LogP contribution is 2.14. The number of hydrogen-bond donors (Lipinski definition) is 1. The number of nitrogens with zero attached hydrogens (tertiary/aromatic N) is 1. The summed E-state index contributed by atoms with van der Waals surface area (Å²) in [5.41, 5.74) is 0. The molecule has 2 atom stereocenters. The van der Waals surface area contributed by atoms with Crippen LogP contribution in [0.5, 0.6) is 0 Å². The summed E-state index contributed by atoms with van der Waals surface area (Å²) in [5.74, 6) is 0.682. The van der Waals surface area contributed by atoms with Gasteiger partial charge in [-0.25, -0.2) is 0 Å². The number of Topliss-reactive ketones (excluding diaryl/α,β-unsaturated/α-hetero) is 1. The van der Waals surface area contributed by atoms with Gasteiger partial charge in [0.15, 0.2) is 0 Å². The number of piperidine rings is 1. The third-order valence-electron chi connectivity index (χ3n) is 3.02. The molecule has 0 aromatic carbocycles. The number of ketones is 1. The van der Waals surface area contributed by atoms with Crippen LogP contribution in [0.25, 0.3) is 0 Å². The standard InChI is InChI=1S/C12H20N2O/c1-10(7-8-13)5-6-12(15)11-4-2-3-9-14-11/h10-11,14H,2-7,9H2,1H3. The van der Waals surface area contributed by atoms with Gasteiger partial charge in [-0.05, 0) is 31.7 Å². The summed E-state index contributed by atoms with van der Waals surface area (Å²) >= 11 is 0. The molecule has 3 nitrogen and oxygen atoms in total. The normalized spacial score (nSPS) is 23.1. The lowest BCUT2D eigenvalue weighted by Gasteiger charge is -2.22. The number of hydrogen-bond acceptors (Lipinski definition) is 3. The zero-order valence-corrected chi connectivity index (χ0v) is 9.46. The molecule has 1 fully saturated rings. The molecule has 0 aliphatic carbocycles.